The number of rotatable bonds is 3. The topological polar surface area (TPSA) is 81.8 Å². The van der Waals surface area contributed by atoms with Gasteiger partial charge in [0.15, 0.2) is 5.82 Å². The highest BCUT2D eigenvalue weighted by molar-refractivity contribution is 5.87. The second kappa shape index (κ2) is 4.73. The highest BCUT2D eigenvalue weighted by Crippen LogP contribution is 2.35. The molecule has 0 spiro atoms. The number of nitrogens with one attached hydrogen (secondary N) is 1. The van der Waals surface area contributed by atoms with E-state index in [0.29, 0.717) is 5.82 Å². The van der Waals surface area contributed by atoms with Crippen LogP contribution in [0.15, 0.2) is 36.5 Å². The summed E-state index contributed by atoms with van der Waals surface area (Å²) in [5, 5.41) is 11.4. The quantitative estimate of drug-likeness (QED) is 0.762. The highest BCUT2D eigenvalue weighted by atomic mass is 16.5. The summed E-state index contributed by atoms with van der Waals surface area (Å²) in [6.07, 6.45) is 1.88. The smallest absolute Gasteiger partial charge is 0.153 e. The maximum atomic E-state index is 5.99. The largest absolute Gasteiger partial charge is 0.497 e. The number of nitrogens with zero attached hydrogens (tertiary/aromatic N) is 3. The summed E-state index contributed by atoms with van der Waals surface area (Å²) >= 11 is 0. The maximum absolute atomic E-state index is 5.99. The predicted octanol–water partition coefficient (Wildman–Crippen LogP) is 2.07. The Labute approximate surface area is 116 Å². The predicted molar refractivity (Wildman–Crippen MR) is 77.2 cm³/mol. The van der Waals surface area contributed by atoms with Crippen LogP contribution >= 0.6 is 0 Å². The molecule has 6 heteroatoms. The molecule has 0 atom stereocenters. The minimum absolute atomic E-state index is 0.443. The lowest BCUT2D eigenvalue weighted by molar-refractivity contribution is 0.415. The van der Waals surface area contributed by atoms with Crippen LogP contribution in [0.5, 0.6) is 5.75 Å². The number of ether oxygens (including phenoxy) is 1. The second-order valence-electron chi connectivity index (χ2n) is 4.47. The van der Waals surface area contributed by atoms with Crippen LogP contribution < -0.4 is 10.5 Å². The lowest BCUT2D eigenvalue weighted by Crippen LogP contribution is -1.91. The fraction of sp³-hybridized carbons (Fsp3) is 0.143. The number of methoxy groups -OCH3 is 1. The molecule has 0 radical (unpaired) electrons. The molecule has 2 aromatic heterocycles. The number of hydrogen-bond donors (Lipinski definition) is 2. The first-order valence-corrected chi connectivity index (χ1v) is 6.17. The monoisotopic (exact) mass is 269 g/mol. The van der Waals surface area contributed by atoms with Crippen LogP contribution in [0.4, 0.5) is 5.82 Å². The van der Waals surface area contributed by atoms with Gasteiger partial charge in [-0.2, -0.15) is 10.2 Å². The van der Waals surface area contributed by atoms with E-state index in [4.69, 9.17) is 10.5 Å². The van der Waals surface area contributed by atoms with Crippen molar-refractivity contribution >= 4 is 5.82 Å². The third-order valence-corrected chi connectivity index (χ3v) is 3.12. The lowest BCUT2D eigenvalue weighted by Gasteiger charge is -2.05. The van der Waals surface area contributed by atoms with Crippen LogP contribution in [0.3, 0.4) is 0 Å². The fourth-order valence-corrected chi connectivity index (χ4v) is 2.16. The van der Waals surface area contributed by atoms with E-state index in [0.717, 1.165) is 28.3 Å². The van der Waals surface area contributed by atoms with Gasteiger partial charge >= 0.3 is 0 Å². The molecule has 0 bridgehead atoms. The van der Waals surface area contributed by atoms with Gasteiger partial charge in [-0.1, -0.05) is 12.1 Å². The third-order valence-electron chi connectivity index (χ3n) is 3.12. The number of anilines is 1. The summed E-state index contributed by atoms with van der Waals surface area (Å²) < 4.78 is 6.99. The normalized spacial score (nSPS) is 10.7. The Morgan fingerprint density at radius 1 is 1.30 bits per heavy atom. The molecule has 0 fully saturated rings. The van der Waals surface area contributed by atoms with Gasteiger partial charge < -0.3 is 10.5 Å². The van der Waals surface area contributed by atoms with Crippen molar-refractivity contribution in [2.45, 2.75) is 0 Å². The number of H-pyrrole nitrogens is 1. The van der Waals surface area contributed by atoms with Crippen LogP contribution in [0.2, 0.25) is 0 Å². The number of hydrogen-bond acceptors (Lipinski definition) is 4. The molecule has 3 aromatic rings. The molecule has 20 heavy (non-hydrogen) atoms. The summed E-state index contributed by atoms with van der Waals surface area (Å²) in [7, 11) is 3.51. The summed E-state index contributed by atoms with van der Waals surface area (Å²) in [6, 6.07) is 9.61. The molecule has 1 aromatic carbocycles. The summed E-state index contributed by atoms with van der Waals surface area (Å²) in [4.78, 5) is 0. The molecule has 0 aliphatic rings. The van der Waals surface area contributed by atoms with Crippen molar-refractivity contribution in [1.82, 2.24) is 20.0 Å². The van der Waals surface area contributed by atoms with Crippen molar-refractivity contribution in [3.63, 3.8) is 0 Å². The molecule has 2 heterocycles. The Hall–Kier alpha value is -2.76. The molecule has 0 saturated carbocycles. The number of aromatic nitrogens is 4. The van der Waals surface area contributed by atoms with Crippen molar-refractivity contribution in [1.29, 1.82) is 0 Å². The fourth-order valence-electron chi connectivity index (χ4n) is 2.16. The van der Waals surface area contributed by atoms with Gasteiger partial charge in [0.1, 0.15) is 11.4 Å². The van der Waals surface area contributed by atoms with Crippen molar-refractivity contribution < 1.29 is 4.74 Å². The molecule has 0 amide bonds. The molecule has 3 rings (SSSR count). The molecule has 3 N–H and O–H groups in total. The standard InChI is InChI=1S/C14H15N5O/c1-19-7-6-11(18-19)13-12(14(15)17-16-13)9-4-3-5-10(8-9)20-2/h3-8H,1-2H3,(H3,15,16,17). The van der Waals surface area contributed by atoms with E-state index in [9.17, 15) is 0 Å². The number of nitrogen functional groups attached to an aromatic ring is 1. The summed E-state index contributed by atoms with van der Waals surface area (Å²) in [5.74, 6) is 1.22. The average molecular weight is 269 g/mol. The molecular weight excluding hydrogens is 254 g/mol. The molecule has 6 nitrogen and oxygen atoms in total. The van der Waals surface area contributed by atoms with E-state index >= 15 is 0 Å². The number of aromatic amines is 1. The highest BCUT2D eigenvalue weighted by Gasteiger charge is 2.16. The van der Waals surface area contributed by atoms with Crippen molar-refractivity contribution in [2.24, 2.45) is 7.05 Å². The van der Waals surface area contributed by atoms with E-state index < -0.39 is 0 Å². The molecule has 0 saturated heterocycles. The maximum Gasteiger partial charge on any atom is 0.153 e. The summed E-state index contributed by atoms with van der Waals surface area (Å²) in [6.45, 7) is 0. The first-order chi connectivity index (χ1) is 9.69. The zero-order valence-corrected chi connectivity index (χ0v) is 11.3. The average Bonchev–Trinajstić information content (AvgIpc) is 3.05. The van der Waals surface area contributed by atoms with Crippen LogP contribution in [-0.2, 0) is 7.05 Å². The van der Waals surface area contributed by atoms with Gasteiger partial charge in [-0.3, -0.25) is 9.78 Å². The Balaban J connectivity index is 2.15. The second-order valence-corrected chi connectivity index (χ2v) is 4.47. The van der Waals surface area contributed by atoms with E-state index in [1.807, 2.05) is 43.6 Å². The van der Waals surface area contributed by atoms with Gasteiger partial charge in [0.2, 0.25) is 0 Å². The van der Waals surface area contributed by atoms with E-state index in [1.54, 1.807) is 11.8 Å². The zero-order chi connectivity index (χ0) is 14.1. The number of benzene rings is 1. The van der Waals surface area contributed by atoms with Gasteiger partial charge in [0.05, 0.1) is 18.4 Å². The van der Waals surface area contributed by atoms with Gasteiger partial charge in [-0.25, -0.2) is 0 Å². The number of aryl methyl sites for hydroxylation is 1. The van der Waals surface area contributed by atoms with E-state index in [2.05, 4.69) is 15.3 Å². The van der Waals surface area contributed by atoms with Crippen molar-refractivity contribution in [3.05, 3.63) is 36.5 Å². The first-order valence-electron chi connectivity index (χ1n) is 6.17. The number of nitrogens with two attached hydrogens (primary N) is 1. The Bertz CT molecular complexity index is 744. The minimum Gasteiger partial charge on any atom is -0.497 e. The molecule has 0 aliphatic carbocycles. The van der Waals surface area contributed by atoms with Crippen LogP contribution in [-0.4, -0.2) is 27.1 Å². The van der Waals surface area contributed by atoms with Crippen LogP contribution in [0, 0.1) is 0 Å². The van der Waals surface area contributed by atoms with Crippen LogP contribution in [0.25, 0.3) is 22.5 Å². The van der Waals surface area contributed by atoms with Crippen LogP contribution in [0.1, 0.15) is 0 Å². The van der Waals surface area contributed by atoms with E-state index in [-0.39, 0.29) is 0 Å². The molecular formula is C14H15N5O. The Morgan fingerprint density at radius 2 is 2.15 bits per heavy atom. The van der Waals surface area contributed by atoms with Crippen molar-refractivity contribution in [2.75, 3.05) is 12.8 Å². The molecule has 102 valence electrons. The SMILES string of the molecule is COc1cccc(-c2c(N)n[nH]c2-c2ccn(C)n2)c1. The van der Waals surface area contributed by atoms with Gasteiger partial charge in [-0.05, 0) is 23.8 Å². The minimum atomic E-state index is 0.443. The summed E-state index contributed by atoms with van der Waals surface area (Å²) in [5.41, 5.74) is 9.37. The Morgan fingerprint density at radius 3 is 2.85 bits per heavy atom. The van der Waals surface area contributed by atoms with Gasteiger partial charge in [0, 0.05) is 13.2 Å². The van der Waals surface area contributed by atoms with Gasteiger partial charge in [-0.15, -0.1) is 0 Å². The lowest BCUT2D eigenvalue weighted by atomic mass is 10.0. The Kier molecular flexibility index (Phi) is 2.90. The molecule has 0 aliphatic heterocycles. The van der Waals surface area contributed by atoms with Gasteiger partial charge in [0.25, 0.3) is 0 Å². The van der Waals surface area contributed by atoms with Crippen molar-refractivity contribution in [3.8, 4) is 28.3 Å². The van der Waals surface area contributed by atoms with E-state index in [1.165, 1.54) is 0 Å². The third kappa shape index (κ3) is 2.01. The molecule has 0 unspecified atom stereocenters. The zero-order valence-electron chi connectivity index (χ0n) is 11.3. The first kappa shape index (κ1) is 12.3.